The third kappa shape index (κ3) is 6.72. The predicted octanol–water partition coefficient (Wildman–Crippen LogP) is 3.94. The summed E-state index contributed by atoms with van der Waals surface area (Å²) in [4.78, 5) is 27.5. The minimum absolute atomic E-state index is 0.0186. The van der Waals surface area contributed by atoms with Gasteiger partial charge < -0.3 is 29.4 Å². The van der Waals surface area contributed by atoms with Crippen LogP contribution >= 0.6 is 0 Å². The van der Waals surface area contributed by atoms with Crippen molar-refractivity contribution in [1.82, 2.24) is 10.3 Å². The molecule has 2 unspecified atom stereocenters. The molecule has 0 fully saturated rings. The number of carbonyl (C=O) groups is 2. The maximum absolute atomic E-state index is 14.4. The first-order valence-corrected chi connectivity index (χ1v) is 11.1. The topological polar surface area (TPSA) is 116 Å². The lowest BCUT2D eigenvalue weighted by atomic mass is 10.1. The van der Waals surface area contributed by atoms with Crippen molar-refractivity contribution in [3.63, 3.8) is 0 Å². The van der Waals surface area contributed by atoms with Gasteiger partial charge in [-0.05, 0) is 24.6 Å². The molecule has 2 N–H and O–H groups in total. The number of ether oxygens (including phenoxy) is 4. The fourth-order valence-electron chi connectivity index (χ4n) is 3.30. The Hall–Kier alpha value is -4.67. The largest absolute Gasteiger partial charge is 0.479 e. The quantitative estimate of drug-likeness (QED) is 0.420. The number of hydrogen-bond acceptors (Lipinski definition) is 7. The molecular weight excluding hydrogens is 490 g/mol. The number of aromatic nitrogens is 1. The predicted molar refractivity (Wildman–Crippen MR) is 124 cm³/mol. The van der Waals surface area contributed by atoms with Gasteiger partial charge in [-0.1, -0.05) is 36.4 Å². The molecule has 2 heterocycles. The zero-order valence-electron chi connectivity index (χ0n) is 19.5. The number of pyridine rings is 1. The Bertz CT molecular complexity index is 1320. The van der Waals surface area contributed by atoms with E-state index < -0.39 is 35.9 Å². The standard InChI is InChI=1S/C26H22F2N2O7/c1-15(26(32)33)35-19-8-7-17(21(28)11-19)12-29-24(31)20-10-18(27)13-30-25(20)37-23-14-34-22(36-23)9-16-5-3-2-4-6-16/h2-8,10-11,13-15,22H,9,12H2,1H3,(H,29,31)(H,32,33). The highest BCUT2D eigenvalue weighted by Crippen LogP contribution is 2.25. The Morgan fingerprint density at radius 2 is 1.95 bits per heavy atom. The van der Waals surface area contributed by atoms with E-state index in [2.05, 4.69) is 10.3 Å². The van der Waals surface area contributed by atoms with E-state index in [-0.39, 0.29) is 35.2 Å². The molecule has 1 aliphatic heterocycles. The smallest absolute Gasteiger partial charge is 0.344 e. The highest BCUT2D eigenvalue weighted by atomic mass is 19.1. The molecule has 11 heteroatoms. The highest BCUT2D eigenvalue weighted by molar-refractivity contribution is 5.96. The lowest BCUT2D eigenvalue weighted by molar-refractivity contribution is -0.144. The van der Waals surface area contributed by atoms with Gasteiger partial charge in [-0.15, -0.1) is 0 Å². The van der Waals surface area contributed by atoms with E-state index in [1.54, 1.807) is 0 Å². The van der Waals surface area contributed by atoms with Gasteiger partial charge in [0.15, 0.2) is 12.4 Å². The molecule has 9 nitrogen and oxygen atoms in total. The normalized spacial score (nSPS) is 15.1. The summed E-state index contributed by atoms with van der Waals surface area (Å²) in [6.07, 6.45) is 0.731. The first kappa shape index (κ1) is 25.4. The lowest BCUT2D eigenvalue weighted by Gasteiger charge is -2.14. The van der Waals surface area contributed by atoms with Gasteiger partial charge in [-0.2, -0.15) is 0 Å². The van der Waals surface area contributed by atoms with Crippen molar-refractivity contribution in [2.24, 2.45) is 0 Å². The van der Waals surface area contributed by atoms with Crippen LogP contribution in [0.3, 0.4) is 0 Å². The number of benzene rings is 2. The van der Waals surface area contributed by atoms with Crippen LogP contribution in [0.4, 0.5) is 8.78 Å². The fraction of sp³-hybridized carbons (Fsp3) is 0.192. The van der Waals surface area contributed by atoms with Crippen molar-refractivity contribution in [2.45, 2.75) is 32.3 Å². The van der Waals surface area contributed by atoms with E-state index in [1.807, 2.05) is 30.3 Å². The Morgan fingerprint density at radius 3 is 2.68 bits per heavy atom. The Morgan fingerprint density at radius 1 is 1.16 bits per heavy atom. The second kappa shape index (κ2) is 11.4. The lowest BCUT2D eigenvalue weighted by Crippen LogP contribution is -2.25. The van der Waals surface area contributed by atoms with Crippen molar-refractivity contribution in [3.8, 4) is 11.6 Å². The zero-order chi connectivity index (χ0) is 26.4. The highest BCUT2D eigenvalue weighted by Gasteiger charge is 2.25. The van der Waals surface area contributed by atoms with Gasteiger partial charge in [-0.3, -0.25) is 4.79 Å². The van der Waals surface area contributed by atoms with Gasteiger partial charge >= 0.3 is 11.9 Å². The average Bonchev–Trinajstić information content (AvgIpc) is 3.31. The minimum atomic E-state index is -1.20. The molecule has 3 aromatic rings. The number of halogens is 2. The number of nitrogens with zero attached hydrogens (tertiary/aromatic N) is 1. The summed E-state index contributed by atoms with van der Waals surface area (Å²) < 4.78 is 50.0. The number of carbonyl (C=O) groups excluding carboxylic acids is 1. The number of carboxylic acids is 1. The van der Waals surface area contributed by atoms with Crippen LogP contribution < -0.4 is 14.8 Å². The molecule has 2 atom stereocenters. The number of hydrogen-bond donors (Lipinski definition) is 2. The van der Waals surface area contributed by atoms with Crippen molar-refractivity contribution >= 4 is 11.9 Å². The van der Waals surface area contributed by atoms with Gasteiger partial charge in [0.25, 0.3) is 5.91 Å². The first-order chi connectivity index (χ1) is 17.8. The summed E-state index contributed by atoms with van der Waals surface area (Å²) in [7, 11) is 0. The number of rotatable bonds is 10. The Labute approximate surface area is 210 Å². The molecule has 37 heavy (non-hydrogen) atoms. The SMILES string of the molecule is CC(Oc1ccc(CNC(=O)c2cc(F)cnc2OC2=COC(Cc3ccccc3)O2)c(F)c1)C(=O)O. The maximum atomic E-state index is 14.4. The second-order valence-corrected chi connectivity index (χ2v) is 7.95. The molecule has 192 valence electrons. The Balaban J connectivity index is 1.38. The molecule has 4 rings (SSSR count). The minimum Gasteiger partial charge on any atom is -0.479 e. The zero-order valence-corrected chi connectivity index (χ0v) is 19.5. The summed E-state index contributed by atoms with van der Waals surface area (Å²) >= 11 is 0. The summed E-state index contributed by atoms with van der Waals surface area (Å²) in [5.74, 6) is -3.76. The van der Waals surface area contributed by atoms with Gasteiger partial charge in [0.1, 0.15) is 22.9 Å². The number of carboxylic acid groups (broad SMARTS) is 1. The molecule has 2 aromatic carbocycles. The van der Waals surface area contributed by atoms with Crippen molar-refractivity contribution in [2.75, 3.05) is 0 Å². The molecule has 1 aliphatic rings. The third-order valence-corrected chi connectivity index (χ3v) is 5.19. The van der Waals surface area contributed by atoms with Crippen LogP contribution in [-0.4, -0.2) is 34.4 Å². The van der Waals surface area contributed by atoms with E-state index in [9.17, 15) is 18.4 Å². The van der Waals surface area contributed by atoms with Crippen molar-refractivity contribution in [3.05, 3.63) is 101 Å². The van der Waals surface area contributed by atoms with E-state index in [4.69, 9.17) is 24.1 Å². The molecule has 0 bridgehead atoms. The summed E-state index contributed by atoms with van der Waals surface area (Å²) in [5.41, 5.74) is 0.825. The van der Waals surface area contributed by atoms with E-state index in [0.717, 1.165) is 23.9 Å². The summed E-state index contributed by atoms with van der Waals surface area (Å²) in [5, 5.41) is 11.4. The van der Waals surface area contributed by atoms with Crippen LogP contribution in [0.2, 0.25) is 0 Å². The van der Waals surface area contributed by atoms with Gasteiger partial charge in [0.2, 0.25) is 12.2 Å². The van der Waals surface area contributed by atoms with Crippen LogP contribution in [0.15, 0.2) is 73.0 Å². The maximum Gasteiger partial charge on any atom is 0.344 e. The average molecular weight is 512 g/mol. The molecule has 0 saturated heterocycles. The van der Waals surface area contributed by atoms with Crippen LogP contribution in [0.25, 0.3) is 0 Å². The molecule has 1 amide bonds. The first-order valence-electron chi connectivity index (χ1n) is 11.1. The Kier molecular flexibility index (Phi) is 7.82. The van der Waals surface area contributed by atoms with E-state index >= 15 is 0 Å². The number of nitrogens with one attached hydrogen (secondary N) is 1. The van der Waals surface area contributed by atoms with E-state index in [1.165, 1.54) is 25.3 Å². The molecule has 0 radical (unpaired) electrons. The third-order valence-electron chi connectivity index (χ3n) is 5.19. The van der Waals surface area contributed by atoms with Crippen LogP contribution in [-0.2, 0) is 27.2 Å². The molecule has 0 aliphatic carbocycles. The monoisotopic (exact) mass is 512 g/mol. The van der Waals surface area contributed by atoms with Crippen LogP contribution in [0.5, 0.6) is 11.6 Å². The van der Waals surface area contributed by atoms with Crippen LogP contribution in [0, 0.1) is 11.6 Å². The molecule has 1 aromatic heterocycles. The number of aliphatic carboxylic acids is 1. The van der Waals surface area contributed by atoms with Gasteiger partial charge in [-0.25, -0.2) is 18.6 Å². The van der Waals surface area contributed by atoms with Crippen molar-refractivity contribution in [1.29, 1.82) is 0 Å². The number of amides is 1. The molecular formula is C26H22F2N2O7. The van der Waals surface area contributed by atoms with Crippen LogP contribution in [0.1, 0.15) is 28.4 Å². The van der Waals surface area contributed by atoms with Crippen molar-refractivity contribution < 1.29 is 42.4 Å². The van der Waals surface area contributed by atoms with Gasteiger partial charge in [0, 0.05) is 24.6 Å². The summed E-state index contributed by atoms with van der Waals surface area (Å²) in [6.45, 7) is 1.06. The molecule has 0 spiro atoms. The summed E-state index contributed by atoms with van der Waals surface area (Å²) in [6, 6.07) is 14.1. The second-order valence-electron chi connectivity index (χ2n) is 7.95. The van der Waals surface area contributed by atoms with E-state index in [0.29, 0.717) is 6.42 Å². The van der Waals surface area contributed by atoms with Gasteiger partial charge in [0.05, 0.1) is 6.20 Å². The molecule has 0 saturated carbocycles. The fourth-order valence-corrected chi connectivity index (χ4v) is 3.30.